The van der Waals surface area contributed by atoms with Gasteiger partial charge < -0.3 is 25.2 Å². The number of aliphatic hydroxyl groups is 1. The standard InChI is InChI=1S/C16H25ClN2O4/c1-10-12(14(20)22-5)8-11(17)9-13(10)18-6-7-19-15(21)23-16(2,3)4/h8-9,14,18,20H,6-7H2,1-5H3,(H,19,21). The first-order chi connectivity index (χ1) is 10.6. The van der Waals surface area contributed by atoms with Crippen LogP contribution in [-0.2, 0) is 9.47 Å². The van der Waals surface area contributed by atoms with Gasteiger partial charge in [-0.1, -0.05) is 11.6 Å². The van der Waals surface area contributed by atoms with Crippen molar-refractivity contribution in [2.24, 2.45) is 0 Å². The normalized spacial score (nSPS) is 12.7. The molecule has 23 heavy (non-hydrogen) atoms. The third-order valence-corrected chi connectivity index (χ3v) is 3.23. The maximum absolute atomic E-state index is 11.5. The zero-order valence-electron chi connectivity index (χ0n) is 14.2. The molecular formula is C16H25ClN2O4. The molecule has 0 bridgehead atoms. The number of benzene rings is 1. The second kappa shape index (κ2) is 8.38. The lowest BCUT2D eigenvalue weighted by atomic mass is 10.1. The van der Waals surface area contributed by atoms with E-state index in [2.05, 4.69) is 10.6 Å². The van der Waals surface area contributed by atoms with Crippen LogP contribution in [0.5, 0.6) is 0 Å². The van der Waals surface area contributed by atoms with E-state index in [9.17, 15) is 9.90 Å². The third kappa shape index (κ3) is 6.64. The zero-order chi connectivity index (χ0) is 17.6. The van der Waals surface area contributed by atoms with Crippen LogP contribution in [0, 0.1) is 6.92 Å². The average Bonchev–Trinajstić information content (AvgIpc) is 2.43. The summed E-state index contributed by atoms with van der Waals surface area (Å²) in [4.78, 5) is 11.5. The number of carbonyl (C=O) groups excluding carboxylic acids is 1. The quantitative estimate of drug-likeness (QED) is 0.545. The Balaban J connectivity index is 2.58. The molecule has 0 aromatic heterocycles. The van der Waals surface area contributed by atoms with Crippen LogP contribution in [0.1, 0.15) is 38.2 Å². The molecule has 7 heteroatoms. The topological polar surface area (TPSA) is 79.8 Å². The predicted octanol–water partition coefficient (Wildman–Crippen LogP) is 3.22. The summed E-state index contributed by atoms with van der Waals surface area (Å²) in [6.07, 6.45) is -1.49. The van der Waals surface area contributed by atoms with E-state index in [1.54, 1.807) is 12.1 Å². The molecule has 130 valence electrons. The van der Waals surface area contributed by atoms with Gasteiger partial charge >= 0.3 is 6.09 Å². The molecule has 0 aliphatic rings. The molecule has 1 rings (SSSR count). The van der Waals surface area contributed by atoms with Crippen molar-refractivity contribution in [3.63, 3.8) is 0 Å². The summed E-state index contributed by atoms with van der Waals surface area (Å²) in [7, 11) is 1.42. The smallest absolute Gasteiger partial charge is 0.407 e. The minimum atomic E-state index is -1.03. The Hall–Kier alpha value is -1.50. The van der Waals surface area contributed by atoms with E-state index >= 15 is 0 Å². The van der Waals surface area contributed by atoms with Gasteiger partial charge in [-0.15, -0.1) is 0 Å². The van der Waals surface area contributed by atoms with Crippen molar-refractivity contribution < 1.29 is 19.4 Å². The van der Waals surface area contributed by atoms with Gasteiger partial charge in [0, 0.05) is 36.5 Å². The van der Waals surface area contributed by atoms with Crippen molar-refractivity contribution >= 4 is 23.4 Å². The number of ether oxygens (including phenoxy) is 2. The molecule has 3 N–H and O–H groups in total. The summed E-state index contributed by atoms with van der Waals surface area (Å²) in [5.74, 6) is 0. The Kier molecular flexibility index (Phi) is 7.12. The molecule has 1 amide bonds. The Morgan fingerprint density at radius 1 is 1.35 bits per heavy atom. The summed E-state index contributed by atoms with van der Waals surface area (Å²) in [5, 5.41) is 16.2. The number of halogens is 1. The minimum absolute atomic E-state index is 0.392. The fourth-order valence-electron chi connectivity index (χ4n) is 1.94. The lowest BCUT2D eigenvalue weighted by Gasteiger charge is -2.20. The highest BCUT2D eigenvalue weighted by molar-refractivity contribution is 6.31. The van der Waals surface area contributed by atoms with Crippen LogP contribution in [0.3, 0.4) is 0 Å². The predicted molar refractivity (Wildman–Crippen MR) is 90.9 cm³/mol. The molecule has 0 aliphatic carbocycles. The van der Waals surface area contributed by atoms with Crippen molar-refractivity contribution in [2.75, 3.05) is 25.5 Å². The highest BCUT2D eigenvalue weighted by Gasteiger charge is 2.16. The van der Waals surface area contributed by atoms with Crippen molar-refractivity contribution in [3.05, 3.63) is 28.3 Å². The summed E-state index contributed by atoms with van der Waals surface area (Å²) in [6, 6.07) is 3.42. The van der Waals surface area contributed by atoms with E-state index in [1.807, 2.05) is 27.7 Å². The van der Waals surface area contributed by atoms with Gasteiger partial charge in [0.1, 0.15) is 5.60 Å². The molecule has 0 saturated heterocycles. The molecule has 0 radical (unpaired) electrons. The van der Waals surface area contributed by atoms with Crippen molar-refractivity contribution in [1.29, 1.82) is 0 Å². The monoisotopic (exact) mass is 344 g/mol. The van der Waals surface area contributed by atoms with Gasteiger partial charge in [-0.2, -0.15) is 0 Å². The first-order valence-corrected chi connectivity index (χ1v) is 7.73. The number of alkyl carbamates (subject to hydrolysis) is 1. The van der Waals surface area contributed by atoms with Crippen LogP contribution >= 0.6 is 11.6 Å². The van der Waals surface area contributed by atoms with Gasteiger partial charge in [0.25, 0.3) is 0 Å². The Bertz CT molecular complexity index is 544. The lowest BCUT2D eigenvalue weighted by Crippen LogP contribution is -2.35. The number of amides is 1. The molecule has 1 aromatic carbocycles. The number of carbonyl (C=O) groups is 1. The number of anilines is 1. The first kappa shape index (κ1) is 19.5. The number of hydrogen-bond acceptors (Lipinski definition) is 5. The molecule has 1 unspecified atom stereocenters. The van der Waals surface area contributed by atoms with Crippen LogP contribution in [0.15, 0.2) is 12.1 Å². The average molecular weight is 345 g/mol. The second-order valence-corrected chi connectivity index (χ2v) is 6.55. The van der Waals surface area contributed by atoms with Gasteiger partial charge in [0.05, 0.1) is 0 Å². The second-order valence-electron chi connectivity index (χ2n) is 6.11. The molecule has 0 saturated carbocycles. The maximum Gasteiger partial charge on any atom is 0.407 e. The Labute approximate surface area is 142 Å². The van der Waals surface area contributed by atoms with E-state index in [1.165, 1.54) is 7.11 Å². The van der Waals surface area contributed by atoms with Crippen molar-refractivity contribution in [1.82, 2.24) is 5.32 Å². The van der Waals surface area contributed by atoms with Gasteiger partial charge in [0.15, 0.2) is 6.29 Å². The van der Waals surface area contributed by atoms with Crippen molar-refractivity contribution in [3.8, 4) is 0 Å². The fraction of sp³-hybridized carbons (Fsp3) is 0.562. The third-order valence-electron chi connectivity index (χ3n) is 3.01. The van der Waals surface area contributed by atoms with E-state index in [-0.39, 0.29) is 0 Å². The molecule has 1 atom stereocenters. The molecule has 0 heterocycles. The Morgan fingerprint density at radius 3 is 2.57 bits per heavy atom. The molecule has 0 spiro atoms. The van der Waals surface area contributed by atoms with E-state index in [0.29, 0.717) is 23.7 Å². The number of hydrogen-bond donors (Lipinski definition) is 3. The highest BCUT2D eigenvalue weighted by Crippen LogP contribution is 2.29. The van der Waals surface area contributed by atoms with E-state index < -0.39 is 18.0 Å². The number of aliphatic hydroxyl groups excluding tert-OH is 1. The molecule has 0 aliphatic heterocycles. The fourth-order valence-corrected chi connectivity index (χ4v) is 2.17. The lowest BCUT2D eigenvalue weighted by molar-refractivity contribution is -0.0772. The van der Waals surface area contributed by atoms with Gasteiger partial charge in [0.2, 0.25) is 0 Å². The van der Waals surface area contributed by atoms with E-state index in [0.717, 1.165) is 11.3 Å². The van der Waals surface area contributed by atoms with Crippen LogP contribution in [0.25, 0.3) is 0 Å². The number of methoxy groups -OCH3 is 1. The summed E-state index contributed by atoms with van der Waals surface area (Å²) in [6.45, 7) is 8.16. The maximum atomic E-state index is 11.5. The van der Waals surface area contributed by atoms with E-state index in [4.69, 9.17) is 21.1 Å². The highest BCUT2D eigenvalue weighted by atomic mass is 35.5. The van der Waals surface area contributed by atoms with Gasteiger partial charge in [-0.05, 0) is 45.4 Å². The summed E-state index contributed by atoms with van der Waals surface area (Å²) in [5.41, 5.74) is 1.69. The summed E-state index contributed by atoms with van der Waals surface area (Å²) < 4.78 is 10.1. The minimum Gasteiger partial charge on any atom is -0.444 e. The van der Waals surface area contributed by atoms with Crippen LogP contribution < -0.4 is 10.6 Å². The number of nitrogens with one attached hydrogen (secondary N) is 2. The SMILES string of the molecule is COC(O)c1cc(Cl)cc(NCCNC(=O)OC(C)(C)C)c1C. The van der Waals surface area contributed by atoms with Gasteiger partial charge in [-0.3, -0.25) is 0 Å². The van der Waals surface area contributed by atoms with Crippen LogP contribution in [-0.4, -0.2) is 37.0 Å². The van der Waals surface area contributed by atoms with Crippen molar-refractivity contribution in [2.45, 2.75) is 39.6 Å². The van der Waals surface area contributed by atoms with Crippen LogP contribution in [0.4, 0.5) is 10.5 Å². The largest absolute Gasteiger partial charge is 0.444 e. The summed E-state index contributed by atoms with van der Waals surface area (Å²) >= 11 is 6.06. The molecule has 0 fully saturated rings. The molecule has 6 nitrogen and oxygen atoms in total. The van der Waals surface area contributed by atoms with Crippen LogP contribution in [0.2, 0.25) is 5.02 Å². The van der Waals surface area contributed by atoms with Gasteiger partial charge in [-0.25, -0.2) is 4.79 Å². The number of rotatable bonds is 6. The molecule has 1 aromatic rings. The zero-order valence-corrected chi connectivity index (χ0v) is 15.0. The first-order valence-electron chi connectivity index (χ1n) is 7.35. The Morgan fingerprint density at radius 2 is 2.00 bits per heavy atom. The molecular weight excluding hydrogens is 320 g/mol.